The standard InChI is InChI=1S/C10H8NO3S/c12-15(13,10-7-4-8-14-10)11-9-5-2-1-3-6-9/h1-5,7-8,11H. The first-order valence-corrected chi connectivity index (χ1v) is 5.70. The fourth-order valence-corrected chi connectivity index (χ4v) is 2.03. The lowest BCUT2D eigenvalue weighted by molar-refractivity contribution is 0.452. The summed E-state index contributed by atoms with van der Waals surface area (Å²) in [6.45, 7) is 0. The number of furan rings is 1. The summed E-state index contributed by atoms with van der Waals surface area (Å²) in [7, 11) is -3.62. The van der Waals surface area contributed by atoms with Gasteiger partial charge in [0.2, 0.25) is 5.09 Å². The van der Waals surface area contributed by atoms with E-state index < -0.39 is 10.0 Å². The van der Waals surface area contributed by atoms with Gasteiger partial charge in [0.25, 0.3) is 10.0 Å². The Morgan fingerprint density at radius 1 is 1.20 bits per heavy atom. The summed E-state index contributed by atoms with van der Waals surface area (Å²) in [5, 5.41) is -0.111. The lowest BCUT2D eigenvalue weighted by Crippen LogP contribution is -2.11. The molecule has 77 valence electrons. The Morgan fingerprint density at radius 3 is 2.67 bits per heavy atom. The maximum Gasteiger partial charge on any atom is 0.295 e. The topological polar surface area (TPSA) is 59.3 Å². The van der Waals surface area contributed by atoms with Crippen LogP contribution in [0.15, 0.2) is 52.2 Å². The van der Waals surface area contributed by atoms with Gasteiger partial charge >= 0.3 is 0 Å². The largest absolute Gasteiger partial charge is 0.451 e. The van der Waals surface area contributed by atoms with E-state index >= 15 is 0 Å². The Hall–Kier alpha value is -1.75. The zero-order valence-electron chi connectivity index (χ0n) is 7.67. The van der Waals surface area contributed by atoms with E-state index in [4.69, 9.17) is 4.42 Å². The maximum atomic E-state index is 11.6. The highest BCUT2D eigenvalue weighted by Crippen LogP contribution is 2.14. The van der Waals surface area contributed by atoms with Gasteiger partial charge in [-0.05, 0) is 18.2 Å². The van der Waals surface area contributed by atoms with E-state index in [9.17, 15) is 8.42 Å². The van der Waals surface area contributed by atoms with Crippen LogP contribution in [0.5, 0.6) is 0 Å². The summed E-state index contributed by atoms with van der Waals surface area (Å²) < 4.78 is 30.4. The van der Waals surface area contributed by atoms with E-state index in [2.05, 4.69) is 10.8 Å². The van der Waals surface area contributed by atoms with E-state index in [1.54, 1.807) is 24.3 Å². The van der Waals surface area contributed by atoms with E-state index in [0.717, 1.165) is 0 Å². The van der Waals surface area contributed by atoms with Gasteiger partial charge in [0.1, 0.15) is 0 Å². The molecular formula is C10H8NO3S. The number of anilines is 1. The zero-order chi connectivity index (χ0) is 10.7. The monoisotopic (exact) mass is 222 g/mol. The van der Waals surface area contributed by atoms with Crippen molar-refractivity contribution < 1.29 is 12.8 Å². The molecule has 1 N–H and O–H groups in total. The number of sulfonamides is 1. The molecule has 0 aliphatic carbocycles. The molecule has 0 aliphatic heterocycles. The molecule has 0 atom stereocenters. The molecule has 0 saturated heterocycles. The van der Waals surface area contributed by atoms with Crippen LogP contribution in [0.4, 0.5) is 5.69 Å². The van der Waals surface area contributed by atoms with Gasteiger partial charge in [-0.25, -0.2) is 0 Å². The van der Waals surface area contributed by atoms with Crippen LogP contribution in [0.3, 0.4) is 0 Å². The van der Waals surface area contributed by atoms with Crippen LogP contribution in [-0.2, 0) is 10.0 Å². The second-order valence-corrected chi connectivity index (χ2v) is 4.43. The van der Waals surface area contributed by atoms with Gasteiger partial charge in [0.15, 0.2) is 0 Å². The Labute approximate surface area is 87.6 Å². The van der Waals surface area contributed by atoms with E-state index in [0.29, 0.717) is 5.69 Å². The molecule has 5 heteroatoms. The summed E-state index contributed by atoms with van der Waals surface area (Å²) >= 11 is 0. The van der Waals surface area contributed by atoms with E-state index in [1.807, 2.05) is 0 Å². The lowest BCUT2D eigenvalue weighted by Gasteiger charge is -2.03. The molecule has 15 heavy (non-hydrogen) atoms. The first-order valence-electron chi connectivity index (χ1n) is 4.21. The molecular weight excluding hydrogens is 214 g/mol. The number of nitrogens with one attached hydrogen (secondary N) is 1. The average Bonchev–Trinajstić information content (AvgIpc) is 2.71. The van der Waals surface area contributed by atoms with Crippen LogP contribution in [-0.4, -0.2) is 8.42 Å². The molecule has 2 aromatic rings. The van der Waals surface area contributed by atoms with Gasteiger partial charge < -0.3 is 4.42 Å². The fraction of sp³-hybridized carbons (Fsp3) is 0. The molecule has 1 aromatic heterocycles. The number of benzene rings is 1. The summed E-state index contributed by atoms with van der Waals surface area (Å²) in [6, 6.07) is 12.4. The van der Waals surface area contributed by atoms with Crippen LogP contribution < -0.4 is 4.72 Å². The minimum absolute atomic E-state index is 0.111. The molecule has 0 spiro atoms. The van der Waals surface area contributed by atoms with Crippen LogP contribution in [0, 0.1) is 6.07 Å². The molecule has 0 saturated carbocycles. The van der Waals surface area contributed by atoms with Crippen LogP contribution in [0.25, 0.3) is 0 Å². The lowest BCUT2D eigenvalue weighted by atomic mass is 10.3. The predicted molar refractivity (Wildman–Crippen MR) is 54.8 cm³/mol. The molecule has 0 bridgehead atoms. The van der Waals surface area contributed by atoms with Crippen molar-refractivity contribution in [3.63, 3.8) is 0 Å². The first-order chi connectivity index (χ1) is 7.18. The molecule has 1 heterocycles. The second-order valence-electron chi connectivity index (χ2n) is 2.81. The molecule has 2 rings (SSSR count). The van der Waals surface area contributed by atoms with Gasteiger partial charge in [-0.3, -0.25) is 4.72 Å². The average molecular weight is 222 g/mol. The highest BCUT2D eigenvalue weighted by atomic mass is 32.2. The minimum atomic E-state index is -3.62. The van der Waals surface area contributed by atoms with Crippen molar-refractivity contribution in [1.29, 1.82) is 0 Å². The van der Waals surface area contributed by atoms with Gasteiger partial charge in [0.05, 0.1) is 12.0 Å². The highest BCUT2D eigenvalue weighted by molar-refractivity contribution is 7.92. The predicted octanol–water partition coefficient (Wildman–Crippen LogP) is 1.88. The van der Waals surface area contributed by atoms with Gasteiger partial charge in [-0.1, -0.05) is 18.2 Å². The smallest absolute Gasteiger partial charge is 0.295 e. The van der Waals surface area contributed by atoms with Crippen LogP contribution in [0.1, 0.15) is 0 Å². The van der Waals surface area contributed by atoms with E-state index in [1.165, 1.54) is 18.4 Å². The third kappa shape index (κ3) is 2.19. The van der Waals surface area contributed by atoms with Gasteiger partial charge in [-0.15, -0.1) is 0 Å². The van der Waals surface area contributed by atoms with Crippen molar-refractivity contribution in [3.05, 3.63) is 48.7 Å². The van der Waals surface area contributed by atoms with Crippen molar-refractivity contribution in [1.82, 2.24) is 0 Å². The SMILES string of the molecule is O=S(=O)(Nc1[c]cccc1)c1ccco1. The molecule has 0 fully saturated rings. The highest BCUT2D eigenvalue weighted by Gasteiger charge is 2.16. The Morgan fingerprint density at radius 2 is 2.07 bits per heavy atom. The van der Waals surface area contributed by atoms with Gasteiger partial charge in [-0.2, -0.15) is 8.42 Å². The third-order valence-electron chi connectivity index (χ3n) is 1.71. The molecule has 0 amide bonds. The number of hydrogen-bond acceptors (Lipinski definition) is 3. The fourth-order valence-electron chi connectivity index (χ4n) is 1.07. The third-order valence-corrected chi connectivity index (χ3v) is 2.96. The van der Waals surface area contributed by atoms with Crippen molar-refractivity contribution in [2.24, 2.45) is 0 Å². The number of para-hydroxylation sites is 1. The summed E-state index contributed by atoms with van der Waals surface area (Å²) in [6.07, 6.45) is 1.31. The Kier molecular flexibility index (Phi) is 2.47. The van der Waals surface area contributed by atoms with E-state index in [-0.39, 0.29) is 5.09 Å². The number of hydrogen-bond donors (Lipinski definition) is 1. The maximum absolute atomic E-state index is 11.6. The summed E-state index contributed by atoms with van der Waals surface area (Å²) in [4.78, 5) is 0. The van der Waals surface area contributed by atoms with Crippen LogP contribution in [0.2, 0.25) is 0 Å². The normalized spacial score (nSPS) is 11.2. The Balaban J connectivity index is 2.27. The molecule has 1 radical (unpaired) electrons. The minimum Gasteiger partial charge on any atom is -0.451 e. The first kappa shape index (κ1) is 9.79. The second kappa shape index (κ2) is 3.78. The summed E-state index contributed by atoms with van der Waals surface area (Å²) in [5.74, 6) is 0. The molecule has 0 unspecified atom stereocenters. The van der Waals surface area contributed by atoms with Crippen molar-refractivity contribution in [3.8, 4) is 0 Å². The molecule has 4 nitrogen and oxygen atoms in total. The molecule has 0 aliphatic rings. The van der Waals surface area contributed by atoms with Crippen molar-refractivity contribution in [2.75, 3.05) is 4.72 Å². The quantitative estimate of drug-likeness (QED) is 0.862. The summed E-state index contributed by atoms with van der Waals surface area (Å²) in [5.41, 5.74) is 0.383. The van der Waals surface area contributed by atoms with Crippen LogP contribution >= 0.6 is 0 Å². The van der Waals surface area contributed by atoms with Crippen molar-refractivity contribution in [2.45, 2.75) is 5.09 Å². The number of rotatable bonds is 3. The van der Waals surface area contributed by atoms with Crippen molar-refractivity contribution >= 4 is 15.7 Å². The zero-order valence-corrected chi connectivity index (χ0v) is 8.49. The Bertz CT molecular complexity index is 517. The molecule has 1 aromatic carbocycles. The van der Waals surface area contributed by atoms with Gasteiger partial charge in [0, 0.05) is 6.07 Å².